The first-order valence-corrected chi connectivity index (χ1v) is 5.81. The average molecular weight is 245 g/mol. The molecule has 0 radical (unpaired) electrons. The fraction of sp³-hybridized carbons (Fsp3) is 0.417. The molecule has 1 saturated heterocycles. The predicted molar refractivity (Wildman–Crippen MR) is 67.8 cm³/mol. The molecule has 0 aliphatic carbocycles. The first-order chi connectivity index (χ1) is 8.67. The van der Waals surface area contributed by atoms with Crippen molar-refractivity contribution in [3.8, 4) is 6.07 Å². The molecule has 1 aromatic rings. The fourth-order valence-corrected chi connectivity index (χ4v) is 2.24. The average Bonchev–Trinajstić information content (AvgIpc) is 2.86. The summed E-state index contributed by atoms with van der Waals surface area (Å²) in [7, 11) is 1.61. The molecule has 1 atom stereocenters. The van der Waals surface area contributed by atoms with Crippen molar-refractivity contribution >= 4 is 17.4 Å². The number of rotatable bonds is 2. The van der Waals surface area contributed by atoms with Crippen LogP contribution in [0.3, 0.4) is 0 Å². The Morgan fingerprint density at radius 2 is 2.50 bits per heavy atom. The highest BCUT2D eigenvalue weighted by molar-refractivity contribution is 5.85. The maximum absolute atomic E-state index is 11.8. The Hall–Kier alpha value is -2.29. The number of hydrogen-bond acceptors (Lipinski definition) is 5. The Labute approximate surface area is 105 Å². The SMILES string of the molecule is CNC(=O)C1CCCN1c1ncc(N)cc1C#N. The third kappa shape index (κ3) is 2.07. The highest BCUT2D eigenvalue weighted by Gasteiger charge is 2.32. The van der Waals surface area contributed by atoms with Crippen LogP contribution in [-0.4, -0.2) is 30.5 Å². The summed E-state index contributed by atoms with van der Waals surface area (Å²) in [5, 5.41) is 11.8. The van der Waals surface area contributed by atoms with Gasteiger partial charge in [-0.25, -0.2) is 4.98 Å². The van der Waals surface area contributed by atoms with Crippen molar-refractivity contribution in [2.45, 2.75) is 18.9 Å². The molecule has 6 nitrogen and oxygen atoms in total. The molecule has 3 N–H and O–H groups in total. The Morgan fingerprint density at radius 1 is 1.72 bits per heavy atom. The summed E-state index contributed by atoms with van der Waals surface area (Å²) in [5.41, 5.74) is 6.47. The monoisotopic (exact) mass is 245 g/mol. The van der Waals surface area contributed by atoms with Gasteiger partial charge >= 0.3 is 0 Å². The normalized spacial score (nSPS) is 18.4. The van der Waals surface area contributed by atoms with Crippen LogP contribution in [0, 0.1) is 11.3 Å². The van der Waals surface area contributed by atoms with Gasteiger partial charge in [-0.15, -0.1) is 0 Å². The molecule has 2 rings (SSSR count). The summed E-state index contributed by atoms with van der Waals surface area (Å²) in [6.45, 7) is 0.726. The van der Waals surface area contributed by atoms with Crippen LogP contribution in [-0.2, 0) is 4.79 Å². The zero-order valence-electron chi connectivity index (χ0n) is 10.2. The highest BCUT2D eigenvalue weighted by Crippen LogP contribution is 2.27. The minimum Gasteiger partial charge on any atom is -0.397 e. The van der Waals surface area contributed by atoms with E-state index in [1.165, 1.54) is 6.20 Å². The number of nitrogens with two attached hydrogens (primary N) is 1. The van der Waals surface area contributed by atoms with Gasteiger partial charge in [-0.05, 0) is 18.9 Å². The number of carbonyl (C=O) groups is 1. The van der Waals surface area contributed by atoms with E-state index in [2.05, 4.69) is 16.4 Å². The Balaban J connectivity index is 2.36. The van der Waals surface area contributed by atoms with E-state index in [1.807, 2.05) is 4.90 Å². The predicted octanol–water partition coefficient (Wildman–Crippen LogP) is 0.250. The van der Waals surface area contributed by atoms with Gasteiger partial charge in [0, 0.05) is 13.6 Å². The number of nitrogen functional groups attached to an aromatic ring is 1. The molecular formula is C12H15N5O. The van der Waals surface area contributed by atoms with Crippen molar-refractivity contribution in [3.63, 3.8) is 0 Å². The van der Waals surface area contributed by atoms with E-state index in [4.69, 9.17) is 11.0 Å². The van der Waals surface area contributed by atoms with E-state index in [-0.39, 0.29) is 11.9 Å². The minimum atomic E-state index is -0.252. The van der Waals surface area contributed by atoms with Gasteiger partial charge in [0.15, 0.2) is 0 Å². The lowest BCUT2D eigenvalue weighted by molar-refractivity contribution is -0.121. The molecule has 1 amide bonds. The zero-order chi connectivity index (χ0) is 13.1. The molecule has 94 valence electrons. The molecule has 0 spiro atoms. The number of likely N-dealkylation sites (N-methyl/N-ethyl adjacent to an activating group) is 1. The van der Waals surface area contributed by atoms with Gasteiger partial charge in [0.2, 0.25) is 5.91 Å². The molecule has 1 unspecified atom stereocenters. The number of carbonyl (C=O) groups excluding carboxylic acids is 1. The van der Waals surface area contributed by atoms with Crippen LogP contribution in [0.2, 0.25) is 0 Å². The number of aromatic nitrogens is 1. The van der Waals surface area contributed by atoms with Gasteiger partial charge in [-0.2, -0.15) is 5.26 Å². The topological polar surface area (TPSA) is 95.0 Å². The molecule has 1 fully saturated rings. The fourth-order valence-electron chi connectivity index (χ4n) is 2.24. The minimum absolute atomic E-state index is 0.0463. The maximum atomic E-state index is 11.8. The van der Waals surface area contributed by atoms with Crippen LogP contribution in [0.1, 0.15) is 18.4 Å². The number of nitrogens with zero attached hydrogens (tertiary/aromatic N) is 3. The standard InChI is InChI=1S/C12H15N5O/c1-15-12(18)10-3-2-4-17(10)11-8(6-13)5-9(14)7-16-11/h5,7,10H,2-4,14H2,1H3,(H,15,18). The lowest BCUT2D eigenvalue weighted by Crippen LogP contribution is -2.42. The summed E-state index contributed by atoms with van der Waals surface area (Å²) in [4.78, 5) is 17.8. The van der Waals surface area contributed by atoms with Crippen LogP contribution in [0.25, 0.3) is 0 Å². The number of nitriles is 1. The molecule has 1 aliphatic rings. The third-order valence-electron chi connectivity index (χ3n) is 3.08. The van der Waals surface area contributed by atoms with Gasteiger partial charge in [-0.3, -0.25) is 4.79 Å². The van der Waals surface area contributed by atoms with Crippen molar-refractivity contribution < 1.29 is 4.79 Å². The summed E-state index contributed by atoms with van der Waals surface area (Å²) < 4.78 is 0. The summed E-state index contributed by atoms with van der Waals surface area (Å²) in [6, 6.07) is 3.41. The first kappa shape index (κ1) is 12.2. The molecule has 18 heavy (non-hydrogen) atoms. The van der Waals surface area contributed by atoms with E-state index in [0.717, 1.165) is 19.4 Å². The zero-order valence-corrected chi connectivity index (χ0v) is 10.2. The number of nitrogens with one attached hydrogen (secondary N) is 1. The quantitative estimate of drug-likeness (QED) is 0.778. The summed E-state index contributed by atoms with van der Waals surface area (Å²) >= 11 is 0. The van der Waals surface area contributed by atoms with Gasteiger partial charge in [0.1, 0.15) is 17.9 Å². The van der Waals surface area contributed by atoms with Crippen molar-refractivity contribution in [1.29, 1.82) is 5.26 Å². The molecule has 6 heteroatoms. The van der Waals surface area contributed by atoms with Crippen molar-refractivity contribution in [1.82, 2.24) is 10.3 Å². The van der Waals surface area contributed by atoms with E-state index in [1.54, 1.807) is 13.1 Å². The Kier molecular flexibility index (Phi) is 3.33. The lowest BCUT2D eigenvalue weighted by atomic mass is 10.2. The van der Waals surface area contributed by atoms with E-state index in [9.17, 15) is 4.79 Å². The summed E-state index contributed by atoms with van der Waals surface area (Å²) in [5.74, 6) is 0.493. The molecule has 2 heterocycles. The molecular weight excluding hydrogens is 230 g/mol. The number of anilines is 2. The molecule has 0 aromatic carbocycles. The van der Waals surface area contributed by atoms with Crippen LogP contribution >= 0.6 is 0 Å². The van der Waals surface area contributed by atoms with Crippen molar-refractivity contribution in [3.05, 3.63) is 17.8 Å². The van der Waals surface area contributed by atoms with E-state index < -0.39 is 0 Å². The van der Waals surface area contributed by atoms with Crippen LogP contribution in [0.5, 0.6) is 0 Å². The second kappa shape index (κ2) is 4.92. The van der Waals surface area contributed by atoms with Crippen LogP contribution in [0.4, 0.5) is 11.5 Å². The summed E-state index contributed by atoms with van der Waals surface area (Å²) in [6.07, 6.45) is 3.20. The molecule has 1 aliphatic heterocycles. The largest absolute Gasteiger partial charge is 0.397 e. The lowest BCUT2D eigenvalue weighted by Gasteiger charge is -2.25. The number of hydrogen-bond donors (Lipinski definition) is 2. The first-order valence-electron chi connectivity index (χ1n) is 5.81. The van der Waals surface area contributed by atoms with Crippen molar-refractivity contribution in [2.24, 2.45) is 0 Å². The Bertz CT molecular complexity index is 508. The number of pyridine rings is 1. The van der Waals surface area contributed by atoms with Gasteiger partial charge in [0.25, 0.3) is 0 Å². The van der Waals surface area contributed by atoms with Gasteiger partial charge < -0.3 is 16.0 Å². The van der Waals surface area contributed by atoms with Crippen LogP contribution in [0.15, 0.2) is 12.3 Å². The highest BCUT2D eigenvalue weighted by atomic mass is 16.2. The second-order valence-electron chi connectivity index (χ2n) is 4.22. The van der Waals surface area contributed by atoms with Gasteiger partial charge in [0.05, 0.1) is 17.4 Å². The van der Waals surface area contributed by atoms with Crippen LogP contribution < -0.4 is 16.0 Å². The van der Waals surface area contributed by atoms with Crippen molar-refractivity contribution in [2.75, 3.05) is 24.2 Å². The second-order valence-corrected chi connectivity index (χ2v) is 4.22. The number of amides is 1. The third-order valence-corrected chi connectivity index (χ3v) is 3.08. The van der Waals surface area contributed by atoms with Gasteiger partial charge in [-0.1, -0.05) is 0 Å². The Morgan fingerprint density at radius 3 is 3.17 bits per heavy atom. The molecule has 0 saturated carbocycles. The molecule has 1 aromatic heterocycles. The van der Waals surface area contributed by atoms with E-state index >= 15 is 0 Å². The molecule has 0 bridgehead atoms. The smallest absolute Gasteiger partial charge is 0.242 e. The van der Waals surface area contributed by atoms with E-state index in [0.29, 0.717) is 17.1 Å². The maximum Gasteiger partial charge on any atom is 0.242 e.